The molecule has 0 bridgehead atoms. The van der Waals surface area contributed by atoms with Gasteiger partial charge in [0.2, 0.25) is 5.60 Å². The molecule has 2 N–H and O–H groups in total. The van der Waals surface area contributed by atoms with E-state index in [1.165, 1.54) is 19.2 Å². The number of cyclic esters (lactones) is 1. The molecule has 5 rings (SSSR count). The molecule has 3 aromatic rings. The highest BCUT2D eigenvalue weighted by atomic mass is 32.3. The van der Waals surface area contributed by atoms with Crippen molar-refractivity contribution in [1.82, 2.24) is 9.55 Å². The number of rotatable bonds is 8. The largest absolute Gasteiger partial charge is 0.513 e. The second kappa shape index (κ2) is 12.7. The van der Waals surface area contributed by atoms with Crippen molar-refractivity contribution in [3.8, 4) is 17.1 Å². The fourth-order valence-electron chi connectivity index (χ4n) is 6.57. The van der Waals surface area contributed by atoms with E-state index in [1.54, 1.807) is 43.5 Å². The second-order valence-corrected chi connectivity index (χ2v) is 18.1. The van der Waals surface area contributed by atoms with Gasteiger partial charge in [-0.15, -0.1) is 0 Å². The molecule has 258 valence electrons. The van der Waals surface area contributed by atoms with E-state index in [9.17, 15) is 24.0 Å². The zero-order valence-electron chi connectivity index (χ0n) is 29.0. The van der Waals surface area contributed by atoms with Crippen molar-refractivity contribution in [3.63, 3.8) is 0 Å². The number of quaternary nitrogens is 1. The summed E-state index contributed by atoms with van der Waals surface area (Å²) < 4.78 is 23.5. The highest BCUT2D eigenvalue weighted by Gasteiger charge is 2.48. The molecule has 1 amide bonds. The highest BCUT2D eigenvalue weighted by Crippen LogP contribution is 2.57. The predicted molar refractivity (Wildman–Crippen MR) is 180 cm³/mol. The van der Waals surface area contributed by atoms with Gasteiger partial charge in [-0.1, -0.05) is 13.8 Å². The number of hydrogen-bond acceptors (Lipinski definition) is 10. The third-order valence-corrected chi connectivity index (χ3v) is 11.2. The van der Waals surface area contributed by atoms with Gasteiger partial charge in [0, 0.05) is 28.3 Å². The number of aromatic nitrogens is 2. The van der Waals surface area contributed by atoms with Gasteiger partial charge in [0.1, 0.15) is 18.0 Å². The monoisotopic (exact) mass is 682 g/mol. The van der Waals surface area contributed by atoms with Crippen molar-refractivity contribution in [2.45, 2.75) is 84.1 Å². The van der Waals surface area contributed by atoms with E-state index in [2.05, 4.69) is 26.4 Å². The molecule has 48 heavy (non-hydrogen) atoms. The Bertz CT molecular complexity index is 1910. The second-order valence-electron chi connectivity index (χ2n) is 14.3. The number of hydrogen-bond donors (Lipinski definition) is 1. The van der Waals surface area contributed by atoms with E-state index in [-0.39, 0.29) is 42.8 Å². The molecule has 1 aromatic carbocycles. The van der Waals surface area contributed by atoms with Gasteiger partial charge >= 0.3 is 24.0 Å². The first-order chi connectivity index (χ1) is 22.3. The maximum atomic E-state index is 14.1. The van der Waals surface area contributed by atoms with E-state index < -0.39 is 45.2 Å². The van der Waals surface area contributed by atoms with Crippen LogP contribution in [-0.2, 0) is 47.3 Å². The molecule has 0 fully saturated rings. The molecule has 0 spiro atoms. The molecule has 0 radical (unpaired) electrons. The van der Waals surface area contributed by atoms with Crippen LogP contribution in [0.1, 0.15) is 71.6 Å². The number of amides is 1. The van der Waals surface area contributed by atoms with Crippen molar-refractivity contribution in [1.29, 1.82) is 0 Å². The minimum Gasteiger partial charge on any atom is -0.457 e. The highest BCUT2D eigenvalue weighted by molar-refractivity contribution is 8.32. The van der Waals surface area contributed by atoms with Crippen LogP contribution in [0.2, 0.25) is 0 Å². The summed E-state index contributed by atoms with van der Waals surface area (Å²) in [5.74, 6) is -0.237. The maximum Gasteiger partial charge on any atom is 0.513 e. The van der Waals surface area contributed by atoms with Gasteiger partial charge in [0.25, 0.3) is 5.56 Å². The van der Waals surface area contributed by atoms with Crippen molar-refractivity contribution in [2.24, 2.45) is 5.92 Å². The summed E-state index contributed by atoms with van der Waals surface area (Å²) in [4.78, 5) is 70.3. The zero-order valence-corrected chi connectivity index (χ0v) is 29.8. The van der Waals surface area contributed by atoms with Gasteiger partial charge < -0.3 is 23.5 Å². The summed E-state index contributed by atoms with van der Waals surface area (Å²) in [6.45, 7) is 12.4. The molecule has 2 aromatic heterocycles. The lowest BCUT2D eigenvalue weighted by Crippen LogP contribution is -2.88. The summed E-state index contributed by atoms with van der Waals surface area (Å²) in [5.41, 5.74) is 0.231. The zero-order chi connectivity index (χ0) is 35.3. The molecule has 12 nitrogen and oxygen atoms in total. The Labute approximate surface area is 280 Å². The van der Waals surface area contributed by atoms with E-state index in [1.807, 2.05) is 6.07 Å². The first-order valence-corrected chi connectivity index (χ1v) is 18.5. The number of pyridine rings is 2. The smallest absolute Gasteiger partial charge is 0.457 e. The molecule has 13 heteroatoms. The van der Waals surface area contributed by atoms with E-state index in [0.29, 0.717) is 28.6 Å². The SMILES string of the molecule is CC(=O)Oc1ccc2nc3c(c(S(C)(C)CC(C)C)c2c1)Cn1c-3cc2c(c1=O)COC(=O)[C@@]2(C)OC(=O)CC[NH2+]C(=O)OC(C)(C)C. The summed E-state index contributed by atoms with van der Waals surface area (Å²) in [6.07, 6.45) is 3.72. The summed E-state index contributed by atoms with van der Waals surface area (Å²) in [7, 11) is -1.46. The van der Waals surface area contributed by atoms with Crippen LogP contribution in [0.5, 0.6) is 5.75 Å². The van der Waals surface area contributed by atoms with Crippen molar-refractivity contribution >= 4 is 44.9 Å². The standard InChI is InChI=1S/C35H43N3O9S/c1-19(2)18-48(8,9)30-22-14-21(45-20(3)39)10-11-26(22)37-29-23(30)16-38-27(29)15-25-24(31(38)41)17-44-32(42)35(25,7)46-28(40)12-13-36-33(43)47-34(4,5)6/h10-11,14-15,19H,12-13,16-18H2,1-9H3,(H,36,43)/p+1/t35-/m0/s1. The van der Waals surface area contributed by atoms with Crippen LogP contribution in [0, 0.1) is 5.92 Å². The lowest BCUT2D eigenvalue weighted by Gasteiger charge is -2.36. The molecular weight excluding hydrogens is 638 g/mol. The Hall–Kier alpha value is -4.23. The van der Waals surface area contributed by atoms with Crippen molar-refractivity contribution < 1.29 is 43.4 Å². The van der Waals surface area contributed by atoms with Crippen molar-refractivity contribution in [3.05, 3.63) is 51.3 Å². The fraction of sp³-hybridized carbons (Fsp3) is 0.486. The Morgan fingerprint density at radius 3 is 2.48 bits per heavy atom. The minimum absolute atomic E-state index is 0.0411. The van der Waals surface area contributed by atoms with Crippen molar-refractivity contribution in [2.75, 3.05) is 24.8 Å². The Balaban J connectivity index is 1.58. The van der Waals surface area contributed by atoms with Crippen LogP contribution >= 0.6 is 10.0 Å². The first-order valence-electron chi connectivity index (χ1n) is 15.9. The normalized spacial score (nSPS) is 17.3. The number of benzene rings is 1. The molecule has 4 heterocycles. The Kier molecular flexibility index (Phi) is 9.26. The fourth-order valence-corrected chi connectivity index (χ4v) is 9.99. The minimum atomic E-state index is -1.89. The molecule has 2 aliphatic heterocycles. The summed E-state index contributed by atoms with van der Waals surface area (Å²) in [6, 6.07) is 7.05. The van der Waals surface area contributed by atoms with Crippen LogP contribution in [-0.4, -0.2) is 64.0 Å². The number of carbonyl (C=O) groups excluding carboxylic acids is 4. The van der Waals surface area contributed by atoms with E-state index in [4.69, 9.17) is 23.9 Å². The lowest BCUT2D eigenvalue weighted by molar-refractivity contribution is -0.571. The average Bonchev–Trinajstić information content (AvgIpc) is 3.30. The number of nitrogens with two attached hydrogens (primary N) is 1. The first kappa shape index (κ1) is 35.1. The van der Waals surface area contributed by atoms with Gasteiger partial charge in [0.15, 0.2) is 0 Å². The maximum absolute atomic E-state index is 14.1. The topological polar surface area (TPSA) is 157 Å². The summed E-state index contributed by atoms with van der Waals surface area (Å²) >= 11 is 0. The van der Waals surface area contributed by atoms with Crippen LogP contribution in [0.3, 0.4) is 0 Å². The third kappa shape index (κ3) is 6.84. The molecule has 1 atom stereocenters. The number of nitrogens with zero attached hydrogens (tertiary/aromatic N) is 2. The predicted octanol–water partition coefficient (Wildman–Crippen LogP) is 4.13. The number of esters is 3. The molecule has 0 aliphatic carbocycles. The number of primary amides is 1. The van der Waals surface area contributed by atoms with E-state index in [0.717, 1.165) is 21.6 Å². The third-order valence-electron chi connectivity index (χ3n) is 8.16. The number of carbonyl (C=O) groups is 4. The lowest BCUT2D eigenvalue weighted by atomic mass is 9.89. The molecule has 2 aliphatic rings. The average molecular weight is 683 g/mol. The van der Waals surface area contributed by atoms with Crippen LogP contribution in [0.25, 0.3) is 22.3 Å². The quantitative estimate of drug-likeness (QED) is 0.163. The van der Waals surface area contributed by atoms with Gasteiger partial charge in [-0.05, 0) is 76.1 Å². The van der Waals surface area contributed by atoms with Crippen LogP contribution in [0.4, 0.5) is 4.79 Å². The van der Waals surface area contributed by atoms with Gasteiger partial charge in [-0.3, -0.25) is 14.4 Å². The molecule has 0 saturated carbocycles. The van der Waals surface area contributed by atoms with E-state index >= 15 is 0 Å². The number of fused-ring (bicyclic) bond motifs is 5. The van der Waals surface area contributed by atoms with Crippen LogP contribution in [0.15, 0.2) is 34.0 Å². The molecule has 0 unspecified atom stereocenters. The van der Waals surface area contributed by atoms with Crippen LogP contribution < -0.4 is 15.6 Å². The summed E-state index contributed by atoms with van der Waals surface area (Å²) in [5, 5.41) is 2.11. The number of ether oxygens (including phenoxy) is 4. The van der Waals surface area contributed by atoms with Gasteiger partial charge in [0.05, 0.1) is 42.0 Å². The molecule has 0 saturated heterocycles. The Morgan fingerprint density at radius 2 is 1.83 bits per heavy atom. The van der Waals surface area contributed by atoms with Gasteiger partial charge in [-0.25, -0.2) is 25.1 Å². The molecular formula is C35H44N3O9S+. The Morgan fingerprint density at radius 1 is 1.12 bits per heavy atom. The van der Waals surface area contributed by atoms with Gasteiger partial charge in [-0.2, -0.15) is 4.79 Å².